The molecule has 0 aliphatic carbocycles. The van der Waals surface area contributed by atoms with E-state index in [4.69, 9.17) is 29.9 Å². The van der Waals surface area contributed by atoms with Crippen LogP contribution in [-0.4, -0.2) is 29.9 Å². The number of aromatic nitrogens is 6. The van der Waals surface area contributed by atoms with Crippen molar-refractivity contribution >= 4 is 65.4 Å². The lowest BCUT2D eigenvalue weighted by molar-refractivity contribution is 1.31. The summed E-state index contributed by atoms with van der Waals surface area (Å²) in [7, 11) is 0. The maximum atomic E-state index is 5.20. The smallest absolute Gasteiger partial charge is 0.0973 e. The third kappa shape index (κ3) is 5.89. The highest BCUT2D eigenvalue weighted by Gasteiger charge is 2.13. The minimum Gasteiger partial charge on any atom is -0.248 e. The van der Waals surface area contributed by atoms with E-state index in [1.165, 1.54) is 0 Å². The van der Waals surface area contributed by atoms with Crippen LogP contribution in [0.5, 0.6) is 0 Å². The summed E-state index contributed by atoms with van der Waals surface area (Å²) >= 11 is 0. The van der Waals surface area contributed by atoms with Crippen molar-refractivity contribution < 1.29 is 0 Å². The van der Waals surface area contributed by atoms with E-state index in [1.54, 1.807) is 0 Å². The summed E-state index contributed by atoms with van der Waals surface area (Å²) < 4.78 is 0. The fourth-order valence-corrected chi connectivity index (χ4v) is 8.23. The van der Waals surface area contributed by atoms with E-state index < -0.39 is 0 Å². The fourth-order valence-electron chi connectivity index (χ4n) is 8.23. The van der Waals surface area contributed by atoms with Gasteiger partial charge in [0.15, 0.2) is 0 Å². The molecule has 12 rings (SSSR count). The average molecular weight is 765 g/mol. The first-order chi connectivity index (χ1) is 29.7. The Morgan fingerprint density at radius 3 is 0.917 bits per heavy atom. The molecule has 6 heteroatoms. The van der Waals surface area contributed by atoms with Gasteiger partial charge in [-0.3, -0.25) is 0 Å². The molecule has 6 nitrogen and oxygen atoms in total. The van der Waals surface area contributed by atoms with Crippen molar-refractivity contribution in [3.63, 3.8) is 0 Å². The van der Waals surface area contributed by atoms with Crippen LogP contribution in [0.25, 0.3) is 122 Å². The molecule has 0 aliphatic heterocycles. The topological polar surface area (TPSA) is 77.3 Å². The van der Waals surface area contributed by atoms with Crippen LogP contribution in [0.15, 0.2) is 194 Å². The van der Waals surface area contributed by atoms with E-state index in [-0.39, 0.29) is 0 Å². The molecular weight excluding hydrogens is 733 g/mol. The second-order valence-electron chi connectivity index (χ2n) is 15.1. The molecule has 0 aliphatic rings. The Labute approximate surface area is 344 Å². The van der Waals surface area contributed by atoms with Crippen molar-refractivity contribution in [3.05, 3.63) is 194 Å². The Morgan fingerprint density at radius 1 is 0.200 bits per heavy atom. The van der Waals surface area contributed by atoms with Crippen LogP contribution in [0.2, 0.25) is 0 Å². The van der Waals surface area contributed by atoms with Crippen molar-refractivity contribution in [1.29, 1.82) is 0 Å². The molecule has 278 valence electrons. The predicted molar refractivity (Wildman–Crippen MR) is 245 cm³/mol. The third-order valence-corrected chi connectivity index (χ3v) is 11.4. The molecule has 0 N–H and O–H groups in total. The summed E-state index contributed by atoms with van der Waals surface area (Å²) in [5.74, 6) is 0. The Kier molecular flexibility index (Phi) is 7.74. The van der Waals surface area contributed by atoms with E-state index in [0.717, 1.165) is 122 Å². The highest BCUT2D eigenvalue weighted by Crippen LogP contribution is 2.33. The van der Waals surface area contributed by atoms with Crippen LogP contribution in [0.4, 0.5) is 0 Å². The van der Waals surface area contributed by atoms with Crippen LogP contribution >= 0.6 is 0 Å². The summed E-state index contributed by atoms with van der Waals surface area (Å²) in [5.41, 5.74) is 14.6. The molecule has 0 atom stereocenters. The van der Waals surface area contributed by atoms with Crippen LogP contribution < -0.4 is 0 Å². The van der Waals surface area contributed by atoms with Gasteiger partial charge in [-0.1, -0.05) is 146 Å². The van der Waals surface area contributed by atoms with E-state index >= 15 is 0 Å². The number of hydrogen-bond acceptors (Lipinski definition) is 6. The molecule has 0 fully saturated rings. The van der Waals surface area contributed by atoms with Crippen molar-refractivity contribution in [2.24, 2.45) is 0 Å². The SMILES string of the molecule is c1ccc(-c2ccc3ccc4ccc(-c5ccc6ccc(-c7ccc8ccc(-c9ccc%10ccc%11ccc(-c%12ccccc%12)nc%11c%10n9)nc8c7)nc6c5)nc4c3n2)cc1. The summed E-state index contributed by atoms with van der Waals surface area (Å²) in [6.07, 6.45) is 0. The quantitative estimate of drug-likeness (QED) is 0.162. The molecule has 6 aromatic carbocycles. The van der Waals surface area contributed by atoms with E-state index in [1.807, 2.05) is 48.5 Å². The largest absolute Gasteiger partial charge is 0.248 e. The number of rotatable bonds is 5. The van der Waals surface area contributed by atoms with Crippen molar-refractivity contribution in [3.8, 4) is 56.4 Å². The number of benzene rings is 6. The minimum atomic E-state index is 0.799. The lowest BCUT2D eigenvalue weighted by Gasteiger charge is -2.10. The number of pyridine rings is 6. The number of fused-ring (bicyclic) bond motifs is 8. The van der Waals surface area contributed by atoms with Crippen molar-refractivity contribution in [1.82, 2.24) is 29.9 Å². The van der Waals surface area contributed by atoms with Crippen molar-refractivity contribution in [2.75, 3.05) is 0 Å². The van der Waals surface area contributed by atoms with Gasteiger partial charge in [0, 0.05) is 54.6 Å². The first-order valence-corrected chi connectivity index (χ1v) is 20.0. The lowest BCUT2D eigenvalue weighted by atomic mass is 10.0. The molecule has 6 aromatic heterocycles. The molecule has 60 heavy (non-hydrogen) atoms. The molecular formula is C54H32N6. The number of nitrogens with zero attached hydrogens (tertiary/aromatic N) is 6. The van der Waals surface area contributed by atoms with Crippen molar-refractivity contribution in [2.45, 2.75) is 0 Å². The van der Waals surface area contributed by atoms with Gasteiger partial charge in [-0.25, -0.2) is 29.9 Å². The molecule has 12 aromatic rings. The predicted octanol–water partition coefficient (Wildman–Crippen LogP) is 13.3. The first kappa shape index (κ1) is 33.9. The average Bonchev–Trinajstić information content (AvgIpc) is 3.33. The summed E-state index contributed by atoms with van der Waals surface area (Å²) in [6.45, 7) is 0. The standard InChI is InChI=1S/C54H32N6/c1-3-7-33(8-4-1)43-26-21-37-13-14-39-23-28-46(59-52(39)51(37)57-43)42-18-12-35-19-25-45(55-49(35)32-42)41-17-11-36-20-29-47(56-50(36)31-41)48-30-24-40-16-15-38-22-27-44(34-9-5-2-6-10-34)58-53(38)54(40)60-48/h1-32H. The molecule has 0 amide bonds. The van der Waals surface area contributed by atoms with Crippen LogP contribution in [0.1, 0.15) is 0 Å². The molecule has 0 saturated heterocycles. The molecule has 0 bridgehead atoms. The normalized spacial score (nSPS) is 11.7. The van der Waals surface area contributed by atoms with Gasteiger partial charge in [-0.2, -0.15) is 0 Å². The van der Waals surface area contributed by atoms with Gasteiger partial charge >= 0.3 is 0 Å². The highest BCUT2D eigenvalue weighted by molar-refractivity contribution is 6.05. The van der Waals surface area contributed by atoms with Gasteiger partial charge in [-0.15, -0.1) is 0 Å². The second-order valence-corrected chi connectivity index (χ2v) is 15.1. The van der Waals surface area contributed by atoms with Gasteiger partial charge in [0.1, 0.15) is 0 Å². The Morgan fingerprint density at radius 2 is 0.483 bits per heavy atom. The fraction of sp³-hybridized carbons (Fsp3) is 0. The van der Waals surface area contributed by atoms with E-state index in [0.29, 0.717) is 0 Å². The monoisotopic (exact) mass is 764 g/mol. The molecule has 0 saturated carbocycles. The second kappa shape index (κ2) is 13.7. The summed E-state index contributed by atoms with van der Waals surface area (Å²) in [4.78, 5) is 30.9. The number of hydrogen-bond donors (Lipinski definition) is 0. The van der Waals surface area contributed by atoms with Gasteiger partial charge < -0.3 is 0 Å². The lowest BCUT2D eigenvalue weighted by Crippen LogP contribution is -1.93. The van der Waals surface area contributed by atoms with Gasteiger partial charge in [0.05, 0.1) is 67.3 Å². The molecule has 0 spiro atoms. The Bertz CT molecular complexity index is 3420. The zero-order valence-electron chi connectivity index (χ0n) is 32.2. The van der Waals surface area contributed by atoms with Gasteiger partial charge in [0.2, 0.25) is 0 Å². The Hall–Kier alpha value is -8.22. The maximum Gasteiger partial charge on any atom is 0.0973 e. The van der Waals surface area contributed by atoms with Gasteiger partial charge in [0.25, 0.3) is 0 Å². The molecule has 6 heterocycles. The van der Waals surface area contributed by atoms with E-state index in [9.17, 15) is 0 Å². The van der Waals surface area contributed by atoms with Crippen LogP contribution in [0, 0.1) is 0 Å². The molecule has 0 radical (unpaired) electrons. The Balaban J connectivity index is 0.899. The zero-order chi connectivity index (χ0) is 39.6. The van der Waals surface area contributed by atoms with Crippen LogP contribution in [-0.2, 0) is 0 Å². The summed E-state index contributed by atoms with van der Waals surface area (Å²) in [6, 6.07) is 66.8. The van der Waals surface area contributed by atoms with Gasteiger partial charge in [-0.05, 0) is 48.5 Å². The van der Waals surface area contributed by atoms with Crippen LogP contribution in [0.3, 0.4) is 0 Å². The maximum absolute atomic E-state index is 5.20. The molecule has 0 unspecified atom stereocenters. The highest BCUT2D eigenvalue weighted by atomic mass is 14.8. The summed E-state index contributed by atoms with van der Waals surface area (Å²) in [5, 5.41) is 6.31. The first-order valence-electron chi connectivity index (χ1n) is 20.0. The minimum absolute atomic E-state index is 0.799. The third-order valence-electron chi connectivity index (χ3n) is 11.4. The van der Waals surface area contributed by atoms with E-state index in [2.05, 4.69) is 146 Å². The zero-order valence-corrected chi connectivity index (χ0v) is 32.2.